The molecule has 4 heterocycles. The van der Waals surface area contributed by atoms with Crippen LogP contribution in [0.1, 0.15) is 41.7 Å². The van der Waals surface area contributed by atoms with Gasteiger partial charge in [-0.25, -0.2) is 0 Å². The van der Waals surface area contributed by atoms with E-state index in [1.807, 2.05) is 24.9 Å². The molecule has 2 N–H and O–H groups in total. The standard InChI is InChI=1S/C27H30N8/c1-18-31-32-26-27(9-10-27)30-25(19-3-6-22(7-4-19)34-13-11-28-12-14-34)23-15-20(5-8-24(23)35(18)26)21-16-29-33(2)17-21/h3-8,15-17,25,28,30H,9-14H2,1-2H3. The summed E-state index contributed by atoms with van der Waals surface area (Å²) in [6, 6.07) is 15.9. The van der Waals surface area contributed by atoms with Crippen LogP contribution in [0, 0.1) is 6.92 Å². The Labute approximate surface area is 205 Å². The zero-order valence-corrected chi connectivity index (χ0v) is 20.2. The molecule has 1 aliphatic carbocycles. The zero-order chi connectivity index (χ0) is 23.6. The summed E-state index contributed by atoms with van der Waals surface area (Å²) in [7, 11) is 1.96. The van der Waals surface area contributed by atoms with Crippen LogP contribution in [0.5, 0.6) is 0 Å². The van der Waals surface area contributed by atoms with Crippen molar-refractivity contribution in [3.63, 3.8) is 0 Å². The highest BCUT2D eigenvalue weighted by molar-refractivity contribution is 5.67. The molecule has 2 aromatic carbocycles. The molecule has 1 spiro atoms. The van der Waals surface area contributed by atoms with Gasteiger partial charge in [0.25, 0.3) is 0 Å². The lowest BCUT2D eigenvalue weighted by atomic mass is 9.93. The molecule has 8 heteroatoms. The van der Waals surface area contributed by atoms with Crippen LogP contribution in [0.25, 0.3) is 16.8 Å². The second-order valence-electron chi connectivity index (χ2n) is 10.1. The van der Waals surface area contributed by atoms with Crippen LogP contribution in [0.4, 0.5) is 5.69 Å². The summed E-state index contributed by atoms with van der Waals surface area (Å²) >= 11 is 0. The predicted molar refractivity (Wildman–Crippen MR) is 136 cm³/mol. The second kappa shape index (κ2) is 7.76. The maximum atomic E-state index is 4.64. The Morgan fingerprint density at radius 1 is 0.971 bits per heavy atom. The summed E-state index contributed by atoms with van der Waals surface area (Å²) in [5.74, 6) is 1.96. The molecule has 1 saturated carbocycles. The summed E-state index contributed by atoms with van der Waals surface area (Å²) in [4.78, 5) is 2.46. The minimum atomic E-state index is -0.128. The van der Waals surface area contributed by atoms with Gasteiger partial charge in [0.15, 0.2) is 5.82 Å². The highest BCUT2D eigenvalue weighted by Crippen LogP contribution is 2.51. The maximum Gasteiger partial charge on any atom is 0.158 e. The molecule has 35 heavy (non-hydrogen) atoms. The fraction of sp³-hybridized carbons (Fsp3) is 0.370. The average molecular weight is 467 g/mol. The Morgan fingerprint density at radius 3 is 2.49 bits per heavy atom. The Bertz CT molecular complexity index is 1390. The van der Waals surface area contributed by atoms with E-state index in [1.165, 1.54) is 22.4 Å². The lowest BCUT2D eigenvalue weighted by Crippen LogP contribution is -2.43. The molecule has 1 atom stereocenters. The first-order valence-corrected chi connectivity index (χ1v) is 12.5. The van der Waals surface area contributed by atoms with E-state index in [0.717, 1.165) is 61.9 Å². The molecule has 0 amide bonds. The van der Waals surface area contributed by atoms with Crippen molar-refractivity contribution in [3.05, 3.63) is 77.6 Å². The van der Waals surface area contributed by atoms with Crippen molar-refractivity contribution in [2.45, 2.75) is 31.3 Å². The lowest BCUT2D eigenvalue weighted by molar-refractivity contribution is 0.455. The van der Waals surface area contributed by atoms with Gasteiger partial charge in [0.2, 0.25) is 0 Å². The predicted octanol–water partition coefficient (Wildman–Crippen LogP) is 3.07. The van der Waals surface area contributed by atoms with Gasteiger partial charge in [-0.15, -0.1) is 10.2 Å². The van der Waals surface area contributed by atoms with E-state index in [1.54, 1.807) is 0 Å². The van der Waals surface area contributed by atoms with Crippen molar-refractivity contribution in [3.8, 4) is 16.8 Å². The van der Waals surface area contributed by atoms with E-state index in [9.17, 15) is 0 Å². The van der Waals surface area contributed by atoms with Crippen molar-refractivity contribution in [1.82, 2.24) is 35.2 Å². The number of hydrogen-bond acceptors (Lipinski definition) is 6. The number of nitrogens with zero attached hydrogens (tertiary/aromatic N) is 6. The third-order valence-corrected chi connectivity index (χ3v) is 7.75. The van der Waals surface area contributed by atoms with Gasteiger partial charge in [-0.3, -0.25) is 14.6 Å². The van der Waals surface area contributed by atoms with Crippen molar-refractivity contribution in [2.75, 3.05) is 31.1 Å². The van der Waals surface area contributed by atoms with Crippen LogP contribution in [0.2, 0.25) is 0 Å². The lowest BCUT2D eigenvalue weighted by Gasteiger charge is -2.30. The third-order valence-electron chi connectivity index (χ3n) is 7.75. The largest absolute Gasteiger partial charge is 0.369 e. The highest BCUT2D eigenvalue weighted by atomic mass is 15.3. The van der Waals surface area contributed by atoms with Crippen LogP contribution in [-0.2, 0) is 12.6 Å². The molecule has 2 fully saturated rings. The van der Waals surface area contributed by atoms with E-state index in [-0.39, 0.29) is 11.6 Å². The maximum absolute atomic E-state index is 4.64. The van der Waals surface area contributed by atoms with E-state index in [2.05, 4.69) is 84.1 Å². The molecule has 1 unspecified atom stereocenters. The van der Waals surface area contributed by atoms with Crippen molar-refractivity contribution < 1.29 is 0 Å². The van der Waals surface area contributed by atoms with Gasteiger partial charge in [0.05, 0.1) is 23.5 Å². The van der Waals surface area contributed by atoms with Crippen molar-refractivity contribution >= 4 is 5.69 Å². The van der Waals surface area contributed by atoms with Gasteiger partial charge >= 0.3 is 0 Å². The van der Waals surface area contributed by atoms with Crippen LogP contribution < -0.4 is 15.5 Å². The number of fused-ring (bicyclic) bond motifs is 4. The molecule has 1 saturated heterocycles. The Kier molecular flexibility index (Phi) is 4.62. The topological polar surface area (TPSA) is 75.8 Å². The van der Waals surface area contributed by atoms with Gasteiger partial charge in [-0.05, 0) is 60.7 Å². The van der Waals surface area contributed by atoms with Crippen LogP contribution in [-0.4, -0.2) is 50.7 Å². The molecule has 2 aliphatic heterocycles. The Morgan fingerprint density at radius 2 is 1.77 bits per heavy atom. The summed E-state index contributed by atoms with van der Waals surface area (Å²) < 4.78 is 4.12. The van der Waals surface area contributed by atoms with E-state index >= 15 is 0 Å². The summed E-state index contributed by atoms with van der Waals surface area (Å²) in [6.45, 7) is 6.23. The summed E-state index contributed by atoms with van der Waals surface area (Å²) in [5.41, 5.74) is 7.13. The fourth-order valence-corrected chi connectivity index (χ4v) is 5.67. The molecule has 7 rings (SSSR count). The Hall–Kier alpha value is -3.49. The number of nitrogens with one attached hydrogen (secondary N) is 2. The van der Waals surface area contributed by atoms with Gasteiger partial charge in [-0.1, -0.05) is 18.2 Å². The fourth-order valence-electron chi connectivity index (χ4n) is 5.67. The number of benzene rings is 2. The van der Waals surface area contributed by atoms with E-state index < -0.39 is 0 Å². The zero-order valence-electron chi connectivity index (χ0n) is 20.2. The average Bonchev–Trinajstić information content (AvgIpc) is 3.41. The van der Waals surface area contributed by atoms with Crippen molar-refractivity contribution in [2.24, 2.45) is 7.05 Å². The monoisotopic (exact) mass is 466 g/mol. The molecule has 0 radical (unpaired) electrons. The number of aromatic nitrogens is 5. The van der Waals surface area contributed by atoms with Crippen LogP contribution in [0.3, 0.4) is 0 Å². The first kappa shape index (κ1) is 20.8. The molecule has 3 aliphatic rings. The summed E-state index contributed by atoms with van der Waals surface area (Å²) in [6.07, 6.45) is 6.15. The minimum absolute atomic E-state index is 0.0577. The molecule has 2 aromatic heterocycles. The molecular formula is C27H30N8. The summed E-state index contributed by atoms with van der Waals surface area (Å²) in [5, 5.41) is 21.0. The molecule has 178 valence electrons. The quantitative estimate of drug-likeness (QED) is 0.483. The smallest absolute Gasteiger partial charge is 0.158 e. The van der Waals surface area contributed by atoms with Crippen LogP contribution in [0.15, 0.2) is 54.9 Å². The van der Waals surface area contributed by atoms with Gasteiger partial charge in [0.1, 0.15) is 5.82 Å². The highest BCUT2D eigenvalue weighted by Gasteiger charge is 2.52. The van der Waals surface area contributed by atoms with Gasteiger partial charge in [0, 0.05) is 50.7 Å². The first-order valence-electron chi connectivity index (χ1n) is 12.5. The number of hydrogen-bond donors (Lipinski definition) is 2. The molecular weight excluding hydrogens is 436 g/mol. The number of rotatable bonds is 3. The molecule has 0 bridgehead atoms. The SMILES string of the molecule is Cc1nnc2n1-c1ccc(-c3cnn(C)c3)cc1C(c1ccc(N3CCNCC3)cc1)NC21CC1. The Balaban J connectivity index is 1.36. The minimum Gasteiger partial charge on any atom is -0.369 e. The number of anilines is 1. The van der Waals surface area contributed by atoms with E-state index in [4.69, 9.17) is 0 Å². The van der Waals surface area contributed by atoms with Crippen LogP contribution >= 0.6 is 0 Å². The number of aryl methyl sites for hydroxylation is 2. The third kappa shape index (κ3) is 3.39. The van der Waals surface area contributed by atoms with Gasteiger partial charge < -0.3 is 10.2 Å². The number of piperazine rings is 1. The van der Waals surface area contributed by atoms with E-state index in [0.29, 0.717) is 0 Å². The van der Waals surface area contributed by atoms with Crippen molar-refractivity contribution in [1.29, 1.82) is 0 Å². The normalized spacial score (nSPS) is 20.4. The first-order chi connectivity index (χ1) is 17.1. The van der Waals surface area contributed by atoms with Gasteiger partial charge in [-0.2, -0.15) is 5.10 Å². The molecule has 8 nitrogen and oxygen atoms in total. The second-order valence-corrected chi connectivity index (χ2v) is 10.1. The molecule has 4 aromatic rings.